The molecule has 0 unspecified atom stereocenters. The number of nitrogens with one attached hydrogen (secondary N) is 4. The molecule has 0 aromatic heterocycles. The van der Waals surface area contributed by atoms with Gasteiger partial charge in [0.15, 0.2) is 0 Å². The van der Waals surface area contributed by atoms with Gasteiger partial charge in [-0.2, -0.15) is 0 Å². The smallest absolute Gasteiger partial charge is 0.409 e. The Bertz CT molecular complexity index is 1250. The van der Waals surface area contributed by atoms with Crippen LogP contribution in [0, 0.1) is 0 Å². The van der Waals surface area contributed by atoms with E-state index in [2.05, 4.69) is 21.3 Å². The molecule has 0 saturated heterocycles. The normalized spacial score (nSPS) is 13.8. The van der Waals surface area contributed by atoms with Gasteiger partial charge in [-0.3, -0.25) is 19.7 Å². The van der Waals surface area contributed by atoms with Gasteiger partial charge in [-0.25, -0.2) is 4.79 Å². The van der Waals surface area contributed by atoms with Crippen molar-refractivity contribution >= 4 is 23.8 Å². The van der Waals surface area contributed by atoms with Crippen molar-refractivity contribution in [3.63, 3.8) is 0 Å². The van der Waals surface area contributed by atoms with Crippen molar-refractivity contribution in [3.8, 4) is 0 Å². The minimum absolute atomic E-state index is 0.136. The second-order valence-corrected chi connectivity index (χ2v) is 19.6. The standard InChI is InChI=1S/C42H84N6O10/c1-36(2,3)58-35(52)48-42(14,15)55-26-20-37(4,5)47-34(51)31(46-33(50)30-57-41(12,13)22-28-54-39(8,9)19-24-44)17-16-25-45-32(49)29-56-40(10,11)21-27-53-38(6,7)18-23-43/h31H,16-30,43-44H2,1-15H3,(H,45,49)(H,46,50)(H,47,51)(H,48,52)/t31-/m0/s1. The molecule has 1 atom stereocenters. The van der Waals surface area contributed by atoms with E-state index in [1.165, 1.54) is 0 Å². The van der Waals surface area contributed by atoms with Gasteiger partial charge in [0.25, 0.3) is 0 Å². The first-order valence-electron chi connectivity index (χ1n) is 20.8. The van der Waals surface area contributed by atoms with E-state index < -0.39 is 52.0 Å². The zero-order chi connectivity index (χ0) is 45.1. The van der Waals surface area contributed by atoms with Gasteiger partial charge in [-0.05, 0) is 162 Å². The number of hydrogen-bond donors (Lipinski definition) is 6. The number of nitrogens with two attached hydrogens (primary N) is 2. The lowest BCUT2D eigenvalue weighted by Gasteiger charge is -2.32. The SMILES string of the molecule is CC(C)(CCOC(C)(C)NC(=O)OC(C)(C)C)NC(=O)[C@H](CCCNC(=O)COC(C)(C)CCOC(C)(C)CCN)NC(=O)COC(C)(C)CCOC(C)(C)CCN. The fourth-order valence-corrected chi connectivity index (χ4v) is 5.37. The Morgan fingerprint density at radius 1 is 0.552 bits per heavy atom. The van der Waals surface area contributed by atoms with Crippen LogP contribution >= 0.6 is 0 Å². The molecule has 58 heavy (non-hydrogen) atoms. The molecular weight excluding hydrogens is 748 g/mol. The van der Waals surface area contributed by atoms with Gasteiger partial charge in [0.1, 0.15) is 30.6 Å². The van der Waals surface area contributed by atoms with Gasteiger partial charge in [-0.1, -0.05) is 0 Å². The first kappa shape index (κ1) is 55.4. The Labute approximate surface area is 350 Å². The maximum absolute atomic E-state index is 13.7. The molecule has 0 saturated carbocycles. The zero-order valence-electron chi connectivity index (χ0n) is 38.9. The van der Waals surface area contributed by atoms with E-state index in [-0.39, 0.29) is 49.9 Å². The third-order valence-electron chi connectivity index (χ3n) is 9.17. The van der Waals surface area contributed by atoms with Crippen molar-refractivity contribution in [3.05, 3.63) is 0 Å². The van der Waals surface area contributed by atoms with Crippen LogP contribution in [0.2, 0.25) is 0 Å². The van der Waals surface area contributed by atoms with Gasteiger partial charge in [0.2, 0.25) is 17.7 Å². The van der Waals surface area contributed by atoms with Gasteiger partial charge < -0.3 is 55.8 Å². The highest BCUT2D eigenvalue weighted by atomic mass is 16.6. The number of rotatable bonds is 30. The molecule has 342 valence electrons. The molecule has 16 heteroatoms. The van der Waals surface area contributed by atoms with E-state index in [0.717, 1.165) is 6.42 Å². The van der Waals surface area contributed by atoms with Crippen molar-refractivity contribution in [1.82, 2.24) is 21.3 Å². The fourth-order valence-electron chi connectivity index (χ4n) is 5.37. The summed E-state index contributed by atoms with van der Waals surface area (Å²) in [6.45, 7) is 30.0. The van der Waals surface area contributed by atoms with E-state index in [1.807, 2.05) is 69.2 Å². The minimum atomic E-state index is -1.03. The summed E-state index contributed by atoms with van der Waals surface area (Å²) in [4.78, 5) is 51.9. The van der Waals surface area contributed by atoms with Crippen molar-refractivity contribution < 1.29 is 47.6 Å². The Balaban J connectivity index is 5.40. The van der Waals surface area contributed by atoms with Gasteiger partial charge in [-0.15, -0.1) is 0 Å². The first-order valence-corrected chi connectivity index (χ1v) is 20.8. The van der Waals surface area contributed by atoms with Crippen LogP contribution in [0.4, 0.5) is 4.79 Å². The van der Waals surface area contributed by atoms with Crippen molar-refractivity contribution in [2.75, 3.05) is 52.7 Å². The van der Waals surface area contributed by atoms with Crippen LogP contribution < -0.4 is 32.7 Å². The summed E-state index contributed by atoms with van der Waals surface area (Å²) >= 11 is 0. The molecule has 0 aliphatic carbocycles. The Kier molecular flexibility index (Phi) is 23.5. The molecule has 0 fully saturated rings. The lowest BCUT2D eigenvalue weighted by atomic mass is 9.99. The first-order chi connectivity index (χ1) is 26.3. The summed E-state index contributed by atoms with van der Waals surface area (Å²) in [5.41, 5.74) is 6.98. The molecule has 8 N–H and O–H groups in total. The summed E-state index contributed by atoms with van der Waals surface area (Å²) in [6, 6.07) is -0.916. The molecule has 16 nitrogen and oxygen atoms in total. The third-order valence-corrected chi connectivity index (χ3v) is 9.17. The lowest BCUT2D eigenvalue weighted by molar-refractivity contribution is -0.137. The maximum Gasteiger partial charge on any atom is 0.409 e. The summed E-state index contributed by atoms with van der Waals surface area (Å²) in [7, 11) is 0. The van der Waals surface area contributed by atoms with E-state index in [4.69, 9.17) is 39.9 Å². The lowest BCUT2D eigenvalue weighted by Crippen LogP contribution is -2.54. The average molecular weight is 833 g/mol. The zero-order valence-corrected chi connectivity index (χ0v) is 38.9. The molecular formula is C42H84N6O10. The number of carbonyl (C=O) groups excluding carboxylic acids is 4. The fraction of sp³-hybridized carbons (Fsp3) is 0.905. The summed E-state index contributed by atoms with van der Waals surface area (Å²) in [5, 5.41) is 11.4. The highest BCUT2D eigenvalue weighted by molar-refractivity contribution is 5.88. The Hall–Kier alpha value is -2.60. The average Bonchev–Trinajstić information content (AvgIpc) is 3.02. The summed E-state index contributed by atoms with van der Waals surface area (Å²) in [6.07, 6.45) is 3.02. The Morgan fingerprint density at radius 2 is 1.00 bits per heavy atom. The van der Waals surface area contributed by atoms with Crippen LogP contribution in [0.25, 0.3) is 0 Å². The van der Waals surface area contributed by atoms with Crippen molar-refractivity contribution in [2.24, 2.45) is 11.5 Å². The molecule has 0 heterocycles. The predicted molar refractivity (Wildman–Crippen MR) is 227 cm³/mol. The molecule has 0 aromatic rings. The summed E-state index contributed by atoms with van der Waals surface area (Å²) < 4.78 is 35.1. The number of ether oxygens (including phenoxy) is 6. The van der Waals surface area contributed by atoms with Crippen LogP contribution in [0.15, 0.2) is 0 Å². The predicted octanol–water partition coefficient (Wildman–Crippen LogP) is 4.59. The molecule has 0 spiro atoms. The maximum atomic E-state index is 13.7. The highest BCUT2D eigenvalue weighted by Gasteiger charge is 2.31. The topological polar surface area (TPSA) is 224 Å². The highest BCUT2D eigenvalue weighted by Crippen LogP contribution is 2.21. The van der Waals surface area contributed by atoms with Gasteiger partial charge in [0, 0.05) is 12.1 Å². The van der Waals surface area contributed by atoms with Crippen LogP contribution in [-0.2, 0) is 42.8 Å². The van der Waals surface area contributed by atoms with Gasteiger partial charge >= 0.3 is 6.09 Å². The molecule has 0 rings (SSSR count). The molecule has 0 aliphatic heterocycles. The second-order valence-electron chi connectivity index (χ2n) is 19.6. The van der Waals surface area contributed by atoms with Crippen LogP contribution in [0.1, 0.15) is 149 Å². The van der Waals surface area contributed by atoms with Crippen LogP contribution in [0.5, 0.6) is 0 Å². The second kappa shape index (κ2) is 24.6. The largest absolute Gasteiger partial charge is 0.444 e. The molecule has 0 bridgehead atoms. The quantitative estimate of drug-likeness (QED) is 0.0432. The third kappa shape index (κ3) is 28.8. The number of alkyl carbamates (subject to hydrolysis) is 1. The molecule has 0 aromatic carbocycles. The Morgan fingerprint density at radius 3 is 1.47 bits per heavy atom. The van der Waals surface area contributed by atoms with E-state index >= 15 is 0 Å². The molecule has 0 aliphatic rings. The minimum Gasteiger partial charge on any atom is -0.444 e. The number of amides is 4. The van der Waals surface area contributed by atoms with Gasteiger partial charge in [0.05, 0.1) is 42.2 Å². The molecule has 4 amide bonds. The van der Waals surface area contributed by atoms with Crippen LogP contribution in [0.3, 0.4) is 0 Å². The van der Waals surface area contributed by atoms with Crippen molar-refractivity contribution in [1.29, 1.82) is 0 Å². The monoisotopic (exact) mass is 833 g/mol. The molecule has 0 radical (unpaired) electrons. The summed E-state index contributed by atoms with van der Waals surface area (Å²) in [5.74, 6) is -1.14. The van der Waals surface area contributed by atoms with E-state index in [1.54, 1.807) is 34.6 Å². The number of hydrogen-bond acceptors (Lipinski definition) is 12. The van der Waals surface area contributed by atoms with Crippen molar-refractivity contribution in [2.45, 2.75) is 194 Å². The van der Waals surface area contributed by atoms with E-state index in [0.29, 0.717) is 58.4 Å². The van der Waals surface area contributed by atoms with E-state index in [9.17, 15) is 19.2 Å². The van der Waals surface area contributed by atoms with Crippen LogP contribution in [-0.4, -0.2) is 122 Å². The number of carbonyl (C=O) groups is 4.